The van der Waals surface area contributed by atoms with Crippen LogP contribution in [0.3, 0.4) is 0 Å². The quantitative estimate of drug-likeness (QED) is 0.571. The second-order valence-corrected chi connectivity index (χ2v) is 6.59. The molecule has 4 heterocycles. The maximum Gasteiger partial charge on any atom is 0.212 e. The van der Waals surface area contributed by atoms with Crippen LogP contribution in [-0.2, 0) is 0 Å². The van der Waals surface area contributed by atoms with Crippen molar-refractivity contribution in [3.63, 3.8) is 0 Å². The smallest absolute Gasteiger partial charge is 0.212 e. The van der Waals surface area contributed by atoms with Crippen LogP contribution in [0.2, 0.25) is 0 Å². The number of tetrazole rings is 1. The molecule has 1 N–H and O–H groups in total. The van der Waals surface area contributed by atoms with Crippen LogP contribution in [0, 0.1) is 13.8 Å². The van der Waals surface area contributed by atoms with Crippen LogP contribution in [0.15, 0.2) is 29.4 Å². The normalized spacial score (nSPS) is 16.9. The predicted octanol–water partition coefficient (Wildman–Crippen LogP) is 1.83. The highest BCUT2D eigenvalue weighted by Crippen LogP contribution is 2.40. The van der Waals surface area contributed by atoms with Crippen LogP contribution in [0.25, 0.3) is 16.6 Å². The zero-order valence-corrected chi connectivity index (χ0v) is 13.2. The lowest BCUT2D eigenvalue weighted by Gasteiger charge is -2.14. The first-order chi connectivity index (χ1) is 11.2. The fourth-order valence-corrected chi connectivity index (χ4v) is 4.03. The lowest BCUT2D eigenvalue weighted by molar-refractivity contribution is 0.763. The van der Waals surface area contributed by atoms with Crippen LogP contribution in [-0.4, -0.2) is 34.9 Å². The summed E-state index contributed by atoms with van der Waals surface area (Å²) in [6, 6.07) is 8.34. The van der Waals surface area contributed by atoms with Crippen LogP contribution in [0.1, 0.15) is 22.3 Å². The van der Waals surface area contributed by atoms with Crippen molar-refractivity contribution in [3.05, 3.63) is 41.2 Å². The first kappa shape index (κ1) is 12.8. The monoisotopic (exact) mass is 324 g/mol. The molecular formula is C14H12N8S. The molecule has 9 heteroatoms. The molecule has 0 spiro atoms. The van der Waals surface area contributed by atoms with Crippen molar-refractivity contribution in [3.8, 4) is 0 Å². The van der Waals surface area contributed by atoms with E-state index in [1.54, 1.807) is 11.8 Å². The fraction of sp³-hybridized carbons (Fsp3) is 0.214. The first-order valence-electron chi connectivity index (χ1n) is 7.18. The molecule has 0 aliphatic carbocycles. The number of benzene rings is 1. The number of aryl methyl sites for hydroxylation is 2. The van der Waals surface area contributed by atoms with Crippen LogP contribution >= 0.6 is 11.8 Å². The summed E-state index contributed by atoms with van der Waals surface area (Å²) < 4.78 is 3.71. The summed E-state index contributed by atoms with van der Waals surface area (Å²) in [5.41, 5.74) is 7.38. The highest BCUT2D eigenvalue weighted by Gasteiger charge is 2.29. The highest BCUT2D eigenvalue weighted by molar-refractivity contribution is 7.99. The van der Waals surface area contributed by atoms with Gasteiger partial charge in [0.05, 0.1) is 5.52 Å². The first-order valence-corrected chi connectivity index (χ1v) is 8.06. The van der Waals surface area contributed by atoms with Gasteiger partial charge in [0, 0.05) is 10.9 Å². The van der Waals surface area contributed by atoms with E-state index in [9.17, 15) is 0 Å². The van der Waals surface area contributed by atoms with Gasteiger partial charge < -0.3 is 5.43 Å². The number of para-hydroxylation sites is 1. The van der Waals surface area contributed by atoms with Gasteiger partial charge in [-0.25, -0.2) is 4.68 Å². The van der Waals surface area contributed by atoms with Gasteiger partial charge in [0.25, 0.3) is 0 Å². The molecule has 114 valence electrons. The molecule has 8 nitrogen and oxygen atoms in total. The zero-order chi connectivity index (χ0) is 15.6. The lowest BCUT2D eigenvalue weighted by Crippen LogP contribution is -2.15. The minimum absolute atomic E-state index is 0.00221. The molecular weight excluding hydrogens is 312 g/mol. The van der Waals surface area contributed by atoms with Gasteiger partial charge >= 0.3 is 0 Å². The standard InChI is InChI=1S/C14H12N8S/c1-7-4-3-5-9-6-10(12-16-19-20-22(12)11(7)9)13-18-21-8(2)15-17-14(21)23-13/h3-6,13,18H,1-2H3. The zero-order valence-electron chi connectivity index (χ0n) is 12.4. The van der Waals surface area contributed by atoms with Crippen LogP contribution in [0.5, 0.6) is 0 Å². The summed E-state index contributed by atoms with van der Waals surface area (Å²) >= 11 is 1.61. The summed E-state index contributed by atoms with van der Waals surface area (Å²) in [5, 5.41) is 22.5. The van der Waals surface area contributed by atoms with Gasteiger partial charge in [0.1, 0.15) is 11.2 Å². The van der Waals surface area contributed by atoms with Crippen molar-refractivity contribution < 1.29 is 0 Å². The predicted molar refractivity (Wildman–Crippen MR) is 85.7 cm³/mol. The van der Waals surface area contributed by atoms with E-state index in [1.807, 2.05) is 22.2 Å². The van der Waals surface area contributed by atoms with Gasteiger partial charge in [-0.3, -0.25) is 0 Å². The summed E-state index contributed by atoms with van der Waals surface area (Å²) in [7, 11) is 0. The minimum atomic E-state index is -0.00221. The lowest BCUT2D eigenvalue weighted by atomic mass is 10.1. The Morgan fingerprint density at radius 2 is 2.09 bits per heavy atom. The number of fused-ring (bicyclic) bond motifs is 4. The van der Waals surface area contributed by atoms with E-state index in [1.165, 1.54) is 0 Å². The Morgan fingerprint density at radius 1 is 1.17 bits per heavy atom. The number of thioether (sulfide) groups is 1. The van der Waals surface area contributed by atoms with Crippen molar-refractivity contribution in [2.24, 2.45) is 0 Å². The Bertz CT molecular complexity index is 1070. The molecule has 1 aromatic carbocycles. The van der Waals surface area contributed by atoms with E-state index in [4.69, 9.17) is 0 Å². The molecule has 4 aromatic rings. The van der Waals surface area contributed by atoms with Gasteiger partial charge in [-0.05, 0) is 35.9 Å². The summed E-state index contributed by atoms with van der Waals surface area (Å²) in [4.78, 5) is 0. The van der Waals surface area contributed by atoms with E-state index in [0.717, 1.165) is 38.7 Å². The molecule has 1 unspecified atom stereocenters. The Labute approximate surface area is 134 Å². The molecule has 23 heavy (non-hydrogen) atoms. The molecule has 5 rings (SSSR count). The van der Waals surface area contributed by atoms with Gasteiger partial charge in [-0.15, -0.1) is 15.3 Å². The molecule has 0 bridgehead atoms. The van der Waals surface area contributed by atoms with Crippen molar-refractivity contribution in [1.29, 1.82) is 0 Å². The molecule has 1 aliphatic heterocycles. The van der Waals surface area contributed by atoms with Crippen LogP contribution in [0.4, 0.5) is 0 Å². The molecule has 0 amide bonds. The molecule has 1 aliphatic rings. The van der Waals surface area contributed by atoms with Crippen molar-refractivity contribution in [2.75, 3.05) is 5.43 Å². The Hall–Kier alpha value is -2.68. The maximum absolute atomic E-state index is 4.23. The van der Waals surface area contributed by atoms with E-state index < -0.39 is 0 Å². The number of rotatable bonds is 1. The topological polar surface area (TPSA) is 85.8 Å². The molecule has 3 aromatic heterocycles. The van der Waals surface area contributed by atoms with Gasteiger partial charge in [0.15, 0.2) is 5.65 Å². The van der Waals surface area contributed by atoms with Gasteiger partial charge in [-0.1, -0.05) is 30.0 Å². The number of hydrogen-bond donors (Lipinski definition) is 1. The van der Waals surface area contributed by atoms with Crippen molar-refractivity contribution >= 4 is 28.3 Å². The minimum Gasteiger partial charge on any atom is -0.304 e. The Kier molecular flexibility index (Phi) is 2.46. The van der Waals surface area contributed by atoms with Crippen molar-refractivity contribution in [1.82, 2.24) is 34.9 Å². The third-order valence-electron chi connectivity index (χ3n) is 4.07. The van der Waals surface area contributed by atoms with Crippen LogP contribution < -0.4 is 5.43 Å². The second-order valence-electron chi connectivity index (χ2n) is 5.52. The van der Waals surface area contributed by atoms with E-state index >= 15 is 0 Å². The number of hydrogen-bond acceptors (Lipinski definition) is 7. The van der Waals surface area contributed by atoms with E-state index in [-0.39, 0.29) is 5.37 Å². The van der Waals surface area contributed by atoms with Gasteiger partial charge in [0.2, 0.25) is 5.16 Å². The summed E-state index contributed by atoms with van der Waals surface area (Å²) in [5.74, 6) is 0.835. The molecule has 0 saturated heterocycles. The number of nitrogens with one attached hydrogen (secondary N) is 1. The number of aromatic nitrogens is 7. The Morgan fingerprint density at radius 3 is 2.96 bits per heavy atom. The molecule has 0 radical (unpaired) electrons. The number of pyridine rings is 1. The third kappa shape index (κ3) is 1.70. The fourth-order valence-electron chi connectivity index (χ4n) is 2.98. The van der Waals surface area contributed by atoms with E-state index in [0.29, 0.717) is 0 Å². The van der Waals surface area contributed by atoms with E-state index in [2.05, 4.69) is 56.3 Å². The summed E-state index contributed by atoms with van der Waals surface area (Å²) in [6.45, 7) is 3.99. The molecule has 0 saturated carbocycles. The summed E-state index contributed by atoms with van der Waals surface area (Å²) in [6.07, 6.45) is 0. The third-order valence-corrected chi connectivity index (χ3v) is 5.14. The Balaban J connectivity index is 1.74. The average Bonchev–Trinajstić information content (AvgIpc) is 3.24. The van der Waals surface area contributed by atoms with Crippen molar-refractivity contribution in [2.45, 2.75) is 24.4 Å². The maximum atomic E-state index is 4.23. The SMILES string of the molecule is Cc1cccc2cc(C3Nn4c(C)nnc4S3)c3nnnn3c12. The molecule has 1 atom stereocenters. The highest BCUT2D eigenvalue weighted by atomic mass is 32.2. The second kappa shape index (κ2) is 4.42. The largest absolute Gasteiger partial charge is 0.304 e. The van der Waals surface area contributed by atoms with Gasteiger partial charge in [-0.2, -0.15) is 4.52 Å². The number of nitrogens with zero attached hydrogens (tertiary/aromatic N) is 7. The molecule has 0 fully saturated rings. The average molecular weight is 324 g/mol.